The molecule has 2 aromatic rings. The summed E-state index contributed by atoms with van der Waals surface area (Å²) in [6.45, 7) is 2.59. The first-order valence-corrected chi connectivity index (χ1v) is 10.9. The Kier molecular flexibility index (Phi) is 6.65. The molecule has 1 saturated heterocycles. The number of amides is 2. The Morgan fingerprint density at radius 1 is 1.13 bits per heavy atom. The molecule has 0 bridgehead atoms. The lowest BCUT2D eigenvalue weighted by Gasteiger charge is -2.36. The highest BCUT2D eigenvalue weighted by atomic mass is 16.5. The zero-order valence-corrected chi connectivity index (χ0v) is 17.9. The van der Waals surface area contributed by atoms with E-state index in [9.17, 15) is 9.59 Å². The molecular formula is C25H29N3O3. The van der Waals surface area contributed by atoms with Crippen LogP contribution in [0.4, 0.5) is 0 Å². The van der Waals surface area contributed by atoms with Gasteiger partial charge in [0.25, 0.3) is 5.91 Å². The van der Waals surface area contributed by atoms with E-state index in [0.29, 0.717) is 37.7 Å². The standard InChI is InChI=1S/C25H29N3O3/c1-31-22-6-4-5-19(17-22)18-28-14-3-2-7-23(25(28)30)20-10-15-27(16-11-20)24(29)21-8-12-26-13-9-21/h2-6,8-9,12-13,17,20,23H,7,10-11,14-16,18H2,1H3/t23-/m1/s1. The molecule has 3 heterocycles. The van der Waals surface area contributed by atoms with E-state index in [0.717, 1.165) is 30.6 Å². The van der Waals surface area contributed by atoms with Gasteiger partial charge < -0.3 is 14.5 Å². The summed E-state index contributed by atoms with van der Waals surface area (Å²) >= 11 is 0. The van der Waals surface area contributed by atoms with Gasteiger partial charge in [-0.1, -0.05) is 24.3 Å². The van der Waals surface area contributed by atoms with Gasteiger partial charge >= 0.3 is 0 Å². The SMILES string of the molecule is COc1cccc(CN2CC=CC[C@H](C3CCN(C(=O)c4ccncc4)CC3)C2=O)c1. The van der Waals surface area contributed by atoms with Gasteiger partial charge in [0.15, 0.2) is 0 Å². The molecule has 0 spiro atoms. The Morgan fingerprint density at radius 3 is 2.65 bits per heavy atom. The summed E-state index contributed by atoms with van der Waals surface area (Å²) in [5.41, 5.74) is 1.74. The van der Waals surface area contributed by atoms with Crippen molar-refractivity contribution in [3.8, 4) is 5.75 Å². The minimum absolute atomic E-state index is 0.0254. The molecule has 1 atom stereocenters. The van der Waals surface area contributed by atoms with Crippen molar-refractivity contribution in [3.63, 3.8) is 0 Å². The Bertz CT molecular complexity index is 936. The molecule has 0 radical (unpaired) electrons. The van der Waals surface area contributed by atoms with Crippen LogP contribution < -0.4 is 4.74 Å². The van der Waals surface area contributed by atoms with Gasteiger partial charge in [0.1, 0.15) is 5.75 Å². The van der Waals surface area contributed by atoms with Crippen LogP contribution in [0.1, 0.15) is 35.2 Å². The van der Waals surface area contributed by atoms with Crippen LogP contribution in [0.15, 0.2) is 60.9 Å². The van der Waals surface area contributed by atoms with E-state index in [4.69, 9.17) is 4.74 Å². The molecule has 2 aliphatic rings. The molecule has 1 aromatic carbocycles. The predicted molar refractivity (Wildman–Crippen MR) is 119 cm³/mol. The van der Waals surface area contributed by atoms with Crippen molar-refractivity contribution in [1.29, 1.82) is 0 Å². The molecule has 2 amide bonds. The smallest absolute Gasteiger partial charge is 0.253 e. The average molecular weight is 420 g/mol. The fourth-order valence-corrected chi connectivity index (χ4v) is 4.58. The zero-order chi connectivity index (χ0) is 21.6. The monoisotopic (exact) mass is 419 g/mol. The highest BCUT2D eigenvalue weighted by Gasteiger charge is 2.35. The van der Waals surface area contributed by atoms with Gasteiger partial charge in [-0.15, -0.1) is 0 Å². The lowest BCUT2D eigenvalue weighted by Crippen LogP contribution is -2.44. The first-order valence-electron chi connectivity index (χ1n) is 10.9. The van der Waals surface area contributed by atoms with Crippen LogP contribution in [0.5, 0.6) is 5.75 Å². The molecule has 0 unspecified atom stereocenters. The topological polar surface area (TPSA) is 62.7 Å². The normalized spacial score (nSPS) is 19.9. The zero-order valence-electron chi connectivity index (χ0n) is 17.9. The van der Waals surface area contributed by atoms with E-state index in [1.807, 2.05) is 34.1 Å². The van der Waals surface area contributed by atoms with Crippen LogP contribution >= 0.6 is 0 Å². The average Bonchev–Trinajstić information content (AvgIpc) is 3.01. The molecule has 1 fully saturated rings. The first-order chi connectivity index (χ1) is 15.2. The summed E-state index contributed by atoms with van der Waals surface area (Å²) < 4.78 is 5.32. The number of benzene rings is 1. The first kappa shape index (κ1) is 21.1. The minimum Gasteiger partial charge on any atom is -0.497 e. The Morgan fingerprint density at radius 2 is 1.90 bits per heavy atom. The Labute approximate surface area is 183 Å². The number of piperidine rings is 1. The van der Waals surface area contributed by atoms with Crippen LogP contribution in [-0.2, 0) is 11.3 Å². The van der Waals surface area contributed by atoms with Gasteiger partial charge in [-0.3, -0.25) is 14.6 Å². The summed E-state index contributed by atoms with van der Waals surface area (Å²) in [6.07, 6.45) is 10.0. The Balaban J connectivity index is 1.39. The van der Waals surface area contributed by atoms with E-state index >= 15 is 0 Å². The molecule has 0 saturated carbocycles. The molecule has 2 aliphatic heterocycles. The molecule has 0 N–H and O–H groups in total. The number of carbonyl (C=O) groups is 2. The Hall–Kier alpha value is -3.15. The van der Waals surface area contributed by atoms with Crippen molar-refractivity contribution < 1.29 is 14.3 Å². The van der Waals surface area contributed by atoms with E-state index in [1.165, 1.54) is 0 Å². The third-order valence-electron chi connectivity index (χ3n) is 6.34. The maximum absolute atomic E-state index is 13.4. The van der Waals surface area contributed by atoms with E-state index in [-0.39, 0.29) is 17.7 Å². The number of nitrogens with zero attached hydrogens (tertiary/aromatic N) is 3. The van der Waals surface area contributed by atoms with Crippen molar-refractivity contribution in [2.24, 2.45) is 11.8 Å². The number of methoxy groups -OCH3 is 1. The number of ether oxygens (including phenoxy) is 1. The highest BCUT2D eigenvalue weighted by Crippen LogP contribution is 2.31. The molecular weight excluding hydrogens is 390 g/mol. The van der Waals surface area contributed by atoms with Crippen LogP contribution in [0.25, 0.3) is 0 Å². The summed E-state index contributed by atoms with van der Waals surface area (Å²) in [4.78, 5) is 33.9. The van der Waals surface area contributed by atoms with Crippen molar-refractivity contribution >= 4 is 11.8 Å². The van der Waals surface area contributed by atoms with Gasteiger partial charge in [0.2, 0.25) is 5.91 Å². The third-order valence-corrected chi connectivity index (χ3v) is 6.34. The second-order valence-electron chi connectivity index (χ2n) is 8.25. The summed E-state index contributed by atoms with van der Waals surface area (Å²) in [5, 5.41) is 0. The van der Waals surface area contributed by atoms with Crippen molar-refractivity contribution in [2.75, 3.05) is 26.7 Å². The molecule has 1 aromatic heterocycles. The summed E-state index contributed by atoms with van der Waals surface area (Å²) in [5.74, 6) is 1.34. The van der Waals surface area contributed by atoms with Gasteiger partial charge in [-0.25, -0.2) is 0 Å². The van der Waals surface area contributed by atoms with E-state index in [1.54, 1.807) is 31.6 Å². The third kappa shape index (κ3) is 4.95. The van der Waals surface area contributed by atoms with Crippen molar-refractivity contribution in [1.82, 2.24) is 14.8 Å². The van der Waals surface area contributed by atoms with E-state index in [2.05, 4.69) is 17.1 Å². The lowest BCUT2D eigenvalue weighted by molar-refractivity contribution is -0.137. The second kappa shape index (κ2) is 9.77. The molecule has 6 heteroatoms. The fourth-order valence-electron chi connectivity index (χ4n) is 4.58. The fraction of sp³-hybridized carbons (Fsp3) is 0.400. The maximum atomic E-state index is 13.4. The van der Waals surface area contributed by atoms with Crippen molar-refractivity contribution in [2.45, 2.75) is 25.8 Å². The lowest BCUT2D eigenvalue weighted by atomic mass is 9.81. The number of carbonyl (C=O) groups excluding carboxylic acids is 2. The predicted octanol–water partition coefficient (Wildman–Crippen LogP) is 3.55. The van der Waals surface area contributed by atoms with Gasteiger partial charge in [-0.2, -0.15) is 0 Å². The summed E-state index contributed by atoms with van der Waals surface area (Å²) in [7, 11) is 1.65. The van der Waals surface area contributed by atoms with Crippen LogP contribution in [0.2, 0.25) is 0 Å². The molecule has 162 valence electrons. The second-order valence-corrected chi connectivity index (χ2v) is 8.25. The number of likely N-dealkylation sites (tertiary alicyclic amines) is 1. The molecule has 4 rings (SSSR count). The maximum Gasteiger partial charge on any atom is 0.253 e. The van der Waals surface area contributed by atoms with E-state index < -0.39 is 0 Å². The number of hydrogen-bond donors (Lipinski definition) is 0. The van der Waals surface area contributed by atoms with Gasteiger partial charge in [0, 0.05) is 50.1 Å². The van der Waals surface area contributed by atoms with Crippen LogP contribution in [0.3, 0.4) is 0 Å². The van der Waals surface area contributed by atoms with Crippen LogP contribution in [-0.4, -0.2) is 53.3 Å². The molecule has 6 nitrogen and oxygen atoms in total. The largest absolute Gasteiger partial charge is 0.497 e. The number of aromatic nitrogens is 1. The highest BCUT2D eigenvalue weighted by molar-refractivity contribution is 5.94. The number of rotatable bonds is 5. The number of pyridine rings is 1. The number of hydrogen-bond acceptors (Lipinski definition) is 4. The van der Waals surface area contributed by atoms with Gasteiger partial charge in [-0.05, 0) is 55.0 Å². The van der Waals surface area contributed by atoms with Gasteiger partial charge in [0.05, 0.1) is 7.11 Å². The minimum atomic E-state index is -0.0254. The molecule has 0 aliphatic carbocycles. The quantitative estimate of drug-likeness (QED) is 0.696. The summed E-state index contributed by atoms with van der Waals surface area (Å²) in [6, 6.07) is 11.4. The van der Waals surface area contributed by atoms with Crippen molar-refractivity contribution in [3.05, 3.63) is 72.1 Å². The van der Waals surface area contributed by atoms with Crippen LogP contribution in [0, 0.1) is 11.8 Å². The molecule has 31 heavy (non-hydrogen) atoms. The number of allylic oxidation sites excluding steroid dienone is 1.